The molecule has 1 aromatic carbocycles. The number of hydrogen-bond acceptors (Lipinski definition) is 7. The zero-order chi connectivity index (χ0) is 21.0. The van der Waals surface area contributed by atoms with E-state index in [4.69, 9.17) is 24.0 Å². The number of rotatable bonds is 6. The molecule has 0 aliphatic carbocycles. The van der Waals surface area contributed by atoms with Gasteiger partial charge in [-0.3, -0.25) is 5.41 Å². The molecule has 0 radical (unpaired) electrons. The topological polar surface area (TPSA) is 106 Å². The number of nitrogens with zero attached hydrogens (tertiary/aromatic N) is 1. The Morgan fingerprint density at radius 3 is 2.66 bits per heavy atom. The number of carbonyl (C=O) groups is 1. The molecule has 2 aromatic rings. The summed E-state index contributed by atoms with van der Waals surface area (Å²) in [6, 6.07) is 12.8. The van der Waals surface area contributed by atoms with E-state index in [2.05, 4.69) is 15.9 Å². The van der Waals surface area contributed by atoms with Gasteiger partial charge in [-0.05, 0) is 50.2 Å². The fraction of sp³-hybridized carbons (Fsp3) is 0.286. The number of halogens is 1. The minimum atomic E-state index is -0.996. The second-order valence-corrected chi connectivity index (χ2v) is 7.20. The van der Waals surface area contributed by atoms with E-state index in [9.17, 15) is 10.1 Å². The SMILES string of the molecule is CCOC(=O)C1=C(C)OC(=N)C(C#N)C1c1ccc(COc2ccc(Br)cc2)o1. The first-order valence-corrected chi connectivity index (χ1v) is 9.74. The monoisotopic (exact) mass is 458 g/mol. The van der Waals surface area contributed by atoms with Crippen LogP contribution in [-0.4, -0.2) is 18.5 Å². The molecular weight excluding hydrogens is 440 g/mol. The normalized spacial score (nSPS) is 18.8. The lowest BCUT2D eigenvalue weighted by Crippen LogP contribution is -2.33. The minimum Gasteiger partial charge on any atom is -0.486 e. The predicted octanol–water partition coefficient (Wildman–Crippen LogP) is 4.69. The van der Waals surface area contributed by atoms with Crippen molar-refractivity contribution in [1.29, 1.82) is 10.7 Å². The summed E-state index contributed by atoms with van der Waals surface area (Å²) in [7, 11) is 0. The number of esters is 1. The summed E-state index contributed by atoms with van der Waals surface area (Å²) in [5, 5.41) is 17.6. The van der Waals surface area contributed by atoms with Crippen molar-refractivity contribution in [2.45, 2.75) is 26.4 Å². The summed E-state index contributed by atoms with van der Waals surface area (Å²) < 4.78 is 23.0. The third-order valence-electron chi connectivity index (χ3n) is 4.39. The van der Waals surface area contributed by atoms with Gasteiger partial charge in [0, 0.05) is 4.47 Å². The van der Waals surface area contributed by atoms with Crippen LogP contribution < -0.4 is 4.74 Å². The van der Waals surface area contributed by atoms with Gasteiger partial charge in [0.05, 0.1) is 24.2 Å². The van der Waals surface area contributed by atoms with Gasteiger partial charge in [0.2, 0.25) is 5.90 Å². The van der Waals surface area contributed by atoms with E-state index in [0.29, 0.717) is 17.3 Å². The average molecular weight is 459 g/mol. The van der Waals surface area contributed by atoms with Crippen molar-refractivity contribution in [2.75, 3.05) is 6.61 Å². The maximum atomic E-state index is 12.5. The van der Waals surface area contributed by atoms with Gasteiger partial charge >= 0.3 is 5.97 Å². The molecule has 3 rings (SSSR count). The zero-order valence-electron chi connectivity index (χ0n) is 15.9. The van der Waals surface area contributed by atoms with Gasteiger partial charge in [0.15, 0.2) is 0 Å². The molecule has 2 heterocycles. The summed E-state index contributed by atoms with van der Waals surface area (Å²) >= 11 is 3.37. The first kappa shape index (κ1) is 20.7. The highest BCUT2D eigenvalue weighted by Crippen LogP contribution is 2.40. The molecule has 1 aliphatic heterocycles. The van der Waals surface area contributed by atoms with Gasteiger partial charge in [-0.2, -0.15) is 5.26 Å². The molecule has 2 atom stereocenters. The summed E-state index contributed by atoms with van der Waals surface area (Å²) in [4.78, 5) is 12.5. The van der Waals surface area contributed by atoms with E-state index in [1.807, 2.05) is 30.3 Å². The van der Waals surface area contributed by atoms with Crippen molar-refractivity contribution in [3.05, 3.63) is 63.7 Å². The number of hydrogen-bond donors (Lipinski definition) is 1. The standard InChI is InChI=1S/C21H19BrN2O5/c1-3-26-21(25)18-12(2)28-20(24)16(10-23)19(18)17-9-8-15(29-17)11-27-14-6-4-13(22)5-7-14/h4-9,16,19,24H,3,11H2,1-2H3. The van der Waals surface area contributed by atoms with Crippen LogP contribution in [0, 0.1) is 22.7 Å². The van der Waals surface area contributed by atoms with E-state index < -0.39 is 17.8 Å². The van der Waals surface area contributed by atoms with Crippen molar-refractivity contribution in [3.63, 3.8) is 0 Å². The lowest BCUT2D eigenvalue weighted by Gasteiger charge is -2.28. The number of nitrogens with one attached hydrogen (secondary N) is 1. The van der Waals surface area contributed by atoms with Gasteiger partial charge in [-0.25, -0.2) is 4.79 Å². The van der Waals surface area contributed by atoms with Gasteiger partial charge in [-0.15, -0.1) is 0 Å². The van der Waals surface area contributed by atoms with Crippen LogP contribution in [-0.2, 0) is 20.9 Å². The molecular formula is C21H19BrN2O5. The molecule has 0 bridgehead atoms. The van der Waals surface area contributed by atoms with Crippen LogP contribution >= 0.6 is 15.9 Å². The first-order valence-electron chi connectivity index (χ1n) is 8.95. The lowest BCUT2D eigenvalue weighted by molar-refractivity contribution is -0.139. The molecule has 8 heteroatoms. The number of nitriles is 1. The van der Waals surface area contributed by atoms with Crippen LogP contribution in [0.1, 0.15) is 31.3 Å². The molecule has 1 aromatic heterocycles. The smallest absolute Gasteiger partial charge is 0.338 e. The largest absolute Gasteiger partial charge is 0.486 e. The predicted molar refractivity (Wildman–Crippen MR) is 107 cm³/mol. The van der Waals surface area contributed by atoms with Crippen molar-refractivity contribution >= 4 is 27.8 Å². The Balaban J connectivity index is 1.87. The summed E-state index contributed by atoms with van der Waals surface area (Å²) in [6.07, 6.45) is 0. The quantitative estimate of drug-likeness (QED) is 0.629. The van der Waals surface area contributed by atoms with E-state index in [1.54, 1.807) is 26.0 Å². The molecule has 0 fully saturated rings. The zero-order valence-corrected chi connectivity index (χ0v) is 17.5. The Morgan fingerprint density at radius 2 is 2.00 bits per heavy atom. The molecule has 2 unspecified atom stereocenters. The lowest BCUT2D eigenvalue weighted by atomic mass is 9.82. The highest BCUT2D eigenvalue weighted by Gasteiger charge is 2.43. The molecule has 7 nitrogen and oxygen atoms in total. The fourth-order valence-electron chi connectivity index (χ4n) is 3.06. The van der Waals surface area contributed by atoms with Crippen LogP contribution in [0.25, 0.3) is 0 Å². The van der Waals surface area contributed by atoms with Crippen molar-refractivity contribution < 1.29 is 23.4 Å². The van der Waals surface area contributed by atoms with E-state index in [1.165, 1.54) is 0 Å². The minimum absolute atomic E-state index is 0.178. The Morgan fingerprint density at radius 1 is 1.28 bits per heavy atom. The van der Waals surface area contributed by atoms with Crippen LogP contribution in [0.4, 0.5) is 0 Å². The molecule has 150 valence electrons. The number of furan rings is 1. The molecule has 0 saturated heterocycles. The van der Waals surface area contributed by atoms with Crippen molar-refractivity contribution in [3.8, 4) is 11.8 Å². The van der Waals surface area contributed by atoms with Crippen LogP contribution in [0.15, 0.2) is 56.6 Å². The molecule has 29 heavy (non-hydrogen) atoms. The Bertz CT molecular complexity index is 987. The molecule has 0 amide bonds. The fourth-order valence-corrected chi connectivity index (χ4v) is 3.33. The highest BCUT2D eigenvalue weighted by molar-refractivity contribution is 9.10. The van der Waals surface area contributed by atoms with Gasteiger partial charge < -0.3 is 18.6 Å². The van der Waals surface area contributed by atoms with Gasteiger partial charge in [0.25, 0.3) is 0 Å². The number of benzene rings is 1. The van der Waals surface area contributed by atoms with E-state index in [-0.39, 0.29) is 30.4 Å². The third-order valence-corrected chi connectivity index (χ3v) is 4.92. The third kappa shape index (κ3) is 4.51. The second-order valence-electron chi connectivity index (χ2n) is 6.29. The molecule has 1 N–H and O–H groups in total. The molecule has 1 aliphatic rings. The van der Waals surface area contributed by atoms with Gasteiger partial charge in [-0.1, -0.05) is 15.9 Å². The van der Waals surface area contributed by atoms with Crippen LogP contribution in [0.2, 0.25) is 0 Å². The average Bonchev–Trinajstić information content (AvgIpc) is 3.16. The van der Waals surface area contributed by atoms with Crippen molar-refractivity contribution in [2.24, 2.45) is 5.92 Å². The number of ether oxygens (including phenoxy) is 3. The number of carbonyl (C=O) groups excluding carboxylic acids is 1. The Labute approximate surface area is 176 Å². The Hall–Kier alpha value is -3.05. The number of allylic oxidation sites excluding steroid dienone is 1. The van der Waals surface area contributed by atoms with Crippen LogP contribution in [0.5, 0.6) is 5.75 Å². The van der Waals surface area contributed by atoms with Gasteiger partial charge in [0.1, 0.15) is 35.6 Å². The summed E-state index contributed by atoms with van der Waals surface area (Å²) in [5.41, 5.74) is 0.184. The second kappa shape index (κ2) is 8.97. The Kier molecular flexibility index (Phi) is 6.39. The summed E-state index contributed by atoms with van der Waals surface area (Å²) in [5.74, 6) is -0.795. The van der Waals surface area contributed by atoms with E-state index >= 15 is 0 Å². The van der Waals surface area contributed by atoms with E-state index in [0.717, 1.165) is 4.47 Å². The summed E-state index contributed by atoms with van der Waals surface area (Å²) in [6.45, 7) is 3.63. The molecule has 0 spiro atoms. The van der Waals surface area contributed by atoms with Crippen molar-refractivity contribution in [1.82, 2.24) is 0 Å². The van der Waals surface area contributed by atoms with Crippen LogP contribution in [0.3, 0.4) is 0 Å². The maximum absolute atomic E-state index is 12.5. The maximum Gasteiger partial charge on any atom is 0.338 e. The highest BCUT2D eigenvalue weighted by atomic mass is 79.9. The first-order chi connectivity index (χ1) is 13.9. The molecule has 0 saturated carbocycles.